The van der Waals surface area contributed by atoms with Crippen molar-refractivity contribution in [3.8, 4) is 0 Å². The fraction of sp³-hybridized carbons (Fsp3) is 0.300. The number of benzene rings is 2. The third-order valence-corrected chi connectivity index (χ3v) is 6.48. The molecule has 1 aliphatic heterocycles. The lowest BCUT2D eigenvalue weighted by Crippen LogP contribution is -2.32. The van der Waals surface area contributed by atoms with Gasteiger partial charge in [0.1, 0.15) is 0 Å². The van der Waals surface area contributed by atoms with Gasteiger partial charge in [-0.2, -0.15) is 0 Å². The number of nitrogens with one attached hydrogen (secondary N) is 1. The smallest absolute Gasteiger partial charge is 0.254 e. The Morgan fingerprint density at radius 3 is 2.62 bits per heavy atom. The van der Waals surface area contributed by atoms with E-state index in [4.69, 9.17) is 11.6 Å². The van der Waals surface area contributed by atoms with Crippen molar-refractivity contribution in [3.05, 3.63) is 99.8 Å². The maximum Gasteiger partial charge on any atom is 0.254 e. The molecule has 2 aromatic carbocycles. The Bertz CT molecular complexity index is 1230. The molecule has 0 radical (unpaired) electrons. The highest BCUT2D eigenvalue weighted by molar-refractivity contribution is 6.31. The van der Waals surface area contributed by atoms with Crippen LogP contribution in [0.1, 0.15) is 48.2 Å². The predicted octanol–water partition coefficient (Wildman–Crippen LogP) is 5.48. The van der Waals surface area contributed by atoms with E-state index in [1.54, 1.807) is 25.2 Å². The van der Waals surface area contributed by atoms with E-state index in [2.05, 4.69) is 17.4 Å². The normalized spacial score (nSPS) is 14.5. The fourth-order valence-electron chi connectivity index (χ4n) is 4.46. The number of allylic oxidation sites excluding steroid dienone is 5. The van der Waals surface area contributed by atoms with E-state index in [0.717, 1.165) is 18.4 Å². The first-order valence-corrected chi connectivity index (χ1v) is 13.0. The lowest BCUT2D eigenvalue weighted by atomic mass is 10.0. The summed E-state index contributed by atoms with van der Waals surface area (Å²) in [5.74, 6) is -0.362. The second kappa shape index (κ2) is 13.6. The Morgan fingerprint density at radius 1 is 1.14 bits per heavy atom. The summed E-state index contributed by atoms with van der Waals surface area (Å²) >= 11 is 6.36. The van der Waals surface area contributed by atoms with Gasteiger partial charge in [-0.3, -0.25) is 14.4 Å². The summed E-state index contributed by atoms with van der Waals surface area (Å²) in [6.45, 7) is 4.99. The van der Waals surface area contributed by atoms with Crippen molar-refractivity contribution in [1.29, 1.82) is 0 Å². The van der Waals surface area contributed by atoms with Crippen molar-refractivity contribution in [3.63, 3.8) is 0 Å². The van der Waals surface area contributed by atoms with Crippen molar-refractivity contribution in [2.24, 2.45) is 0 Å². The number of amides is 2. The number of carbonyl (C=O) groups excluding carboxylic acids is 3. The molecule has 6 nitrogen and oxygen atoms in total. The van der Waals surface area contributed by atoms with E-state index in [-0.39, 0.29) is 18.2 Å². The van der Waals surface area contributed by atoms with Gasteiger partial charge in [-0.15, -0.1) is 0 Å². The number of carbonyl (C=O) groups is 3. The van der Waals surface area contributed by atoms with Gasteiger partial charge in [0.05, 0.1) is 6.54 Å². The molecule has 2 amide bonds. The molecule has 194 valence electrons. The van der Waals surface area contributed by atoms with E-state index >= 15 is 0 Å². The van der Waals surface area contributed by atoms with E-state index < -0.39 is 0 Å². The van der Waals surface area contributed by atoms with E-state index in [1.807, 2.05) is 55.2 Å². The van der Waals surface area contributed by atoms with Crippen LogP contribution in [-0.4, -0.2) is 43.1 Å². The molecule has 0 saturated heterocycles. The number of likely N-dealkylation sites (N-methyl/N-ethyl adjacent to an activating group) is 1. The maximum absolute atomic E-state index is 13.4. The van der Waals surface area contributed by atoms with Crippen LogP contribution in [0.3, 0.4) is 0 Å². The van der Waals surface area contributed by atoms with Crippen LogP contribution in [0.25, 0.3) is 0 Å². The van der Waals surface area contributed by atoms with E-state index in [0.29, 0.717) is 53.5 Å². The number of hydrogen-bond acceptors (Lipinski definition) is 4. The van der Waals surface area contributed by atoms with Gasteiger partial charge in [0.25, 0.3) is 5.91 Å². The van der Waals surface area contributed by atoms with Crippen molar-refractivity contribution >= 4 is 35.4 Å². The number of ketones is 1. The number of hydrogen-bond donors (Lipinski definition) is 1. The van der Waals surface area contributed by atoms with Crippen LogP contribution in [0.5, 0.6) is 0 Å². The Labute approximate surface area is 224 Å². The second-order valence-electron chi connectivity index (χ2n) is 8.57. The molecule has 1 aliphatic carbocycles. The van der Waals surface area contributed by atoms with Gasteiger partial charge in [-0.25, -0.2) is 0 Å². The summed E-state index contributed by atoms with van der Waals surface area (Å²) in [4.78, 5) is 41.6. The minimum absolute atomic E-state index is 0.152. The Kier molecular flexibility index (Phi) is 10.3. The Morgan fingerprint density at radius 2 is 1.89 bits per heavy atom. The zero-order valence-corrected chi connectivity index (χ0v) is 22.4. The quantitative estimate of drug-likeness (QED) is 0.492. The third kappa shape index (κ3) is 6.98. The molecule has 0 bridgehead atoms. The van der Waals surface area contributed by atoms with Crippen molar-refractivity contribution < 1.29 is 14.4 Å². The molecule has 37 heavy (non-hydrogen) atoms. The molecule has 1 heterocycles. The first-order chi connectivity index (χ1) is 18.0. The SMILES string of the molecule is CC.CNC1=CC=CCC=C1C(=O)CN(C=O)c1cc(Cl)cc(C(=O)N2CCCc3ccccc3C2)c1. The van der Waals surface area contributed by atoms with Crippen LogP contribution >= 0.6 is 11.6 Å². The standard InChI is InChI=1S/C28H28ClN3O3.C2H6/c1-30-26-12-4-2-3-11-25(26)27(34)18-32(19-33)24-15-22(14-23(29)16-24)28(35)31-13-7-10-20-8-5-6-9-21(20)17-31;1-2/h2,4-6,8-9,11-12,14-16,19,30H,3,7,10,13,17-18H2,1H3;1-2H3. The Hall–Kier alpha value is -3.64. The van der Waals surface area contributed by atoms with Crippen LogP contribution < -0.4 is 10.2 Å². The molecule has 0 aromatic heterocycles. The number of rotatable bonds is 7. The minimum Gasteiger partial charge on any atom is -0.388 e. The zero-order valence-electron chi connectivity index (χ0n) is 21.7. The van der Waals surface area contributed by atoms with Gasteiger partial charge < -0.3 is 15.1 Å². The highest BCUT2D eigenvalue weighted by Gasteiger charge is 2.23. The molecule has 1 N–H and O–H groups in total. The zero-order chi connectivity index (χ0) is 26.8. The minimum atomic E-state index is -0.210. The average molecular weight is 520 g/mol. The molecule has 0 fully saturated rings. The highest BCUT2D eigenvalue weighted by atomic mass is 35.5. The summed E-state index contributed by atoms with van der Waals surface area (Å²) in [7, 11) is 1.75. The van der Waals surface area contributed by atoms with Gasteiger partial charge in [-0.05, 0) is 54.7 Å². The molecule has 2 aromatic rings. The van der Waals surface area contributed by atoms with Crippen molar-refractivity contribution in [2.45, 2.75) is 39.7 Å². The monoisotopic (exact) mass is 519 g/mol. The highest BCUT2D eigenvalue weighted by Crippen LogP contribution is 2.26. The van der Waals surface area contributed by atoms with Crippen LogP contribution in [0, 0.1) is 0 Å². The molecule has 0 spiro atoms. The molecule has 0 unspecified atom stereocenters. The predicted molar refractivity (Wildman–Crippen MR) is 150 cm³/mol. The number of fused-ring (bicyclic) bond motifs is 1. The van der Waals surface area contributed by atoms with Crippen LogP contribution in [0.2, 0.25) is 5.02 Å². The van der Waals surface area contributed by atoms with Gasteiger partial charge in [-0.1, -0.05) is 67.9 Å². The summed E-state index contributed by atoms with van der Waals surface area (Å²) < 4.78 is 0. The number of anilines is 1. The molecule has 7 heteroatoms. The summed E-state index contributed by atoms with van der Waals surface area (Å²) in [6, 6.07) is 13.0. The first-order valence-electron chi connectivity index (χ1n) is 12.7. The van der Waals surface area contributed by atoms with Crippen LogP contribution in [0.15, 0.2) is 78.0 Å². The number of aryl methyl sites for hydroxylation is 1. The van der Waals surface area contributed by atoms with Crippen molar-refractivity contribution in [2.75, 3.05) is 25.0 Å². The molecule has 0 saturated carbocycles. The molecule has 2 aliphatic rings. The average Bonchev–Trinajstić information content (AvgIpc) is 3.30. The van der Waals surface area contributed by atoms with E-state index in [9.17, 15) is 14.4 Å². The third-order valence-electron chi connectivity index (χ3n) is 6.26. The van der Waals surface area contributed by atoms with Crippen LogP contribution in [0.4, 0.5) is 5.69 Å². The maximum atomic E-state index is 13.4. The first kappa shape index (κ1) is 27.9. The second-order valence-corrected chi connectivity index (χ2v) is 9.00. The van der Waals surface area contributed by atoms with Crippen LogP contribution in [-0.2, 0) is 22.6 Å². The van der Waals surface area contributed by atoms with Gasteiger partial charge in [0, 0.05) is 47.7 Å². The summed E-state index contributed by atoms with van der Waals surface area (Å²) in [5.41, 5.74) is 4.41. The van der Waals surface area contributed by atoms with Gasteiger partial charge in [0.15, 0.2) is 5.78 Å². The Balaban J connectivity index is 0.00000186. The van der Waals surface area contributed by atoms with E-state index in [1.165, 1.54) is 10.5 Å². The summed E-state index contributed by atoms with van der Waals surface area (Å²) in [6.07, 6.45) is 10.5. The topological polar surface area (TPSA) is 69.7 Å². The largest absolute Gasteiger partial charge is 0.388 e. The summed E-state index contributed by atoms with van der Waals surface area (Å²) in [5, 5.41) is 3.36. The van der Waals surface area contributed by atoms with Gasteiger partial charge in [0.2, 0.25) is 6.41 Å². The lowest BCUT2D eigenvalue weighted by Gasteiger charge is -2.23. The number of Topliss-reactive ketones (excluding diaryl/α,β-unsaturated/α-hetero) is 1. The number of nitrogens with zero attached hydrogens (tertiary/aromatic N) is 2. The molecule has 0 atom stereocenters. The molecular weight excluding hydrogens is 486 g/mol. The lowest BCUT2D eigenvalue weighted by molar-refractivity contribution is -0.116. The van der Waals surface area contributed by atoms with Crippen molar-refractivity contribution in [1.82, 2.24) is 10.2 Å². The van der Waals surface area contributed by atoms with Gasteiger partial charge >= 0.3 is 0 Å². The molecular formula is C30H34ClN3O3. The number of halogens is 1. The fourth-order valence-corrected chi connectivity index (χ4v) is 4.69. The molecule has 4 rings (SSSR count).